The Morgan fingerprint density at radius 2 is 1.65 bits per heavy atom. The normalized spacial score (nSPS) is 42.1. The number of benzene rings is 1. The molecule has 4 rings (SSSR count). The fourth-order valence-electron chi connectivity index (χ4n) is 5.45. The Balaban J connectivity index is 1.49. The Bertz CT molecular complexity index is 927. The quantitative estimate of drug-likeness (QED) is 0.227. The second-order valence-corrected chi connectivity index (χ2v) is 9.80. The maximum Gasteiger partial charge on any atom is 0.573 e. The minimum Gasteiger partial charge on any atom is -0.406 e. The first-order valence-electron chi connectivity index (χ1n) is 12.0. The number of likely N-dealkylation sites (N-methyl/N-ethyl adjacent to an activating group) is 2. The minimum atomic E-state index is -4.79. The third-order valence-electron chi connectivity index (χ3n) is 7.25. The molecule has 0 aromatic heterocycles. The Labute approximate surface area is 211 Å². The molecule has 10 atom stereocenters. The zero-order valence-electron chi connectivity index (χ0n) is 20.6. The molecule has 2 heterocycles. The van der Waals surface area contributed by atoms with E-state index in [4.69, 9.17) is 14.2 Å². The maximum atomic E-state index is 12.4. The van der Waals surface area contributed by atoms with Crippen molar-refractivity contribution in [1.29, 1.82) is 0 Å². The lowest BCUT2D eigenvalue weighted by Crippen LogP contribution is -2.81. The Hall–Kier alpha value is -1.59. The monoisotopic (exact) mass is 537 g/mol. The molecule has 0 amide bonds. The second-order valence-electron chi connectivity index (χ2n) is 9.80. The molecule has 37 heavy (non-hydrogen) atoms. The van der Waals surface area contributed by atoms with Crippen LogP contribution in [-0.4, -0.2) is 108 Å². The Morgan fingerprint density at radius 1 is 1.00 bits per heavy atom. The molecule has 0 unspecified atom stereocenters. The summed E-state index contributed by atoms with van der Waals surface area (Å²) in [5.74, 6) is -2.72. The van der Waals surface area contributed by atoms with Crippen LogP contribution in [0.15, 0.2) is 24.3 Å². The number of rotatable bonds is 7. The predicted molar refractivity (Wildman–Crippen MR) is 121 cm³/mol. The lowest BCUT2D eigenvalue weighted by molar-refractivity contribution is -0.482. The number of fused-ring (bicyclic) bond motifs is 2. The molecule has 1 aromatic rings. The van der Waals surface area contributed by atoms with E-state index in [1.54, 1.807) is 21.0 Å². The van der Waals surface area contributed by atoms with Gasteiger partial charge >= 0.3 is 6.36 Å². The summed E-state index contributed by atoms with van der Waals surface area (Å²) >= 11 is 0. The maximum absolute atomic E-state index is 12.4. The predicted octanol–water partition coefficient (Wildman–Crippen LogP) is -1.08. The molecule has 0 spiro atoms. The van der Waals surface area contributed by atoms with E-state index in [2.05, 4.69) is 20.7 Å². The van der Waals surface area contributed by atoms with Gasteiger partial charge in [-0.2, -0.15) is 0 Å². The highest BCUT2D eigenvalue weighted by Crippen LogP contribution is 2.46. The standard InChI is InChI=1S/C23H34F3N3O8/c1-11-8-21(32,10-29-9-12-4-6-13(7-5-12)36-23(24,25)26)22(33)20(34-11)35-19-17(31)14(27-2)16(30)15(28-3)18(19)37-22/h4-7,11,14-20,27-33H,8-10H2,1-3H3/t11-,14-,15+,16+,17+,18-,19-,20+,21-,22-/m1/s1. The first kappa shape index (κ1) is 28.4. The Morgan fingerprint density at radius 3 is 2.24 bits per heavy atom. The van der Waals surface area contributed by atoms with Gasteiger partial charge in [-0.25, -0.2) is 0 Å². The summed E-state index contributed by atoms with van der Waals surface area (Å²) in [6, 6.07) is 3.72. The fraction of sp³-hybridized carbons (Fsp3) is 0.739. The first-order valence-corrected chi connectivity index (χ1v) is 12.0. The van der Waals surface area contributed by atoms with Gasteiger partial charge in [0, 0.05) is 19.5 Å². The smallest absolute Gasteiger partial charge is 0.406 e. The molecule has 1 aliphatic carbocycles. The van der Waals surface area contributed by atoms with Gasteiger partial charge in [0.15, 0.2) is 0 Å². The van der Waals surface area contributed by atoms with Crippen LogP contribution in [0.4, 0.5) is 13.2 Å². The highest BCUT2D eigenvalue weighted by molar-refractivity contribution is 5.27. The SMILES string of the molecule is CN[C@@H]1[C@H](O)[C@H](NC)[C@H]2O[C@]3(O)[C@H](O[C@@H]2[C@H]1O)O[C@H](C)C[C@@]3(O)CNCc1ccc(OC(F)(F)F)cc1. The molecule has 2 aliphatic heterocycles. The molecule has 1 aromatic carbocycles. The van der Waals surface area contributed by atoms with Crippen molar-refractivity contribution in [2.45, 2.75) is 86.5 Å². The molecule has 1 saturated carbocycles. The van der Waals surface area contributed by atoms with E-state index in [0.717, 1.165) is 0 Å². The largest absolute Gasteiger partial charge is 0.573 e. The molecule has 3 fully saturated rings. The van der Waals surface area contributed by atoms with Crippen molar-refractivity contribution < 1.29 is 52.5 Å². The van der Waals surface area contributed by atoms with E-state index in [0.29, 0.717) is 5.56 Å². The van der Waals surface area contributed by atoms with E-state index in [1.807, 2.05) is 0 Å². The molecule has 14 heteroatoms. The van der Waals surface area contributed by atoms with E-state index in [-0.39, 0.29) is 25.3 Å². The van der Waals surface area contributed by atoms with E-state index in [9.17, 15) is 33.6 Å². The Kier molecular flexibility index (Phi) is 8.08. The lowest BCUT2D eigenvalue weighted by atomic mass is 9.77. The summed E-state index contributed by atoms with van der Waals surface area (Å²) in [6.07, 6.45) is -11.1. The zero-order chi connectivity index (χ0) is 27.2. The van der Waals surface area contributed by atoms with Gasteiger partial charge in [-0.15, -0.1) is 13.2 Å². The van der Waals surface area contributed by atoms with E-state index in [1.165, 1.54) is 24.3 Å². The second kappa shape index (κ2) is 10.5. The van der Waals surface area contributed by atoms with Crippen molar-refractivity contribution in [3.63, 3.8) is 0 Å². The van der Waals surface area contributed by atoms with Gasteiger partial charge in [-0.3, -0.25) is 0 Å². The molecule has 0 bridgehead atoms. The molecule has 11 nitrogen and oxygen atoms in total. The first-order chi connectivity index (χ1) is 17.3. The van der Waals surface area contributed by atoms with Gasteiger partial charge in [0.25, 0.3) is 0 Å². The van der Waals surface area contributed by atoms with Crippen molar-refractivity contribution in [3.8, 4) is 5.75 Å². The van der Waals surface area contributed by atoms with Crippen molar-refractivity contribution in [2.24, 2.45) is 0 Å². The third kappa shape index (κ3) is 5.45. The van der Waals surface area contributed by atoms with Gasteiger partial charge in [0.05, 0.1) is 24.3 Å². The molecule has 7 N–H and O–H groups in total. The third-order valence-corrected chi connectivity index (χ3v) is 7.25. The summed E-state index contributed by atoms with van der Waals surface area (Å²) in [5, 5.41) is 53.6. The fourth-order valence-corrected chi connectivity index (χ4v) is 5.45. The van der Waals surface area contributed by atoms with Crippen LogP contribution in [-0.2, 0) is 20.8 Å². The summed E-state index contributed by atoms with van der Waals surface area (Å²) in [6.45, 7) is 1.65. The van der Waals surface area contributed by atoms with Gasteiger partial charge in [0.2, 0.25) is 12.1 Å². The van der Waals surface area contributed by atoms with Gasteiger partial charge in [-0.05, 0) is 38.7 Å². The van der Waals surface area contributed by atoms with Crippen LogP contribution in [0, 0.1) is 0 Å². The minimum absolute atomic E-state index is 0.0411. The molecule has 2 saturated heterocycles. The number of aliphatic hydroxyl groups is 4. The van der Waals surface area contributed by atoms with E-state index >= 15 is 0 Å². The molecule has 3 aliphatic rings. The zero-order valence-corrected chi connectivity index (χ0v) is 20.6. The average Bonchev–Trinajstić information content (AvgIpc) is 2.80. The highest BCUT2D eigenvalue weighted by Gasteiger charge is 2.68. The van der Waals surface area contributed by atoms with Crippen molar-refractivity contribution in [3.05, 3.63) is 29.8 Å². The highest BCUT2D eigenvalue weighted by atomic mass is 19.4. The molecular weight excluding hydrogens is 503 g/mol. The number of aliphatic hydroxyl groups excluding tert-OH is 2. The summed E-state index contributed by atoms with van der Waals surface area (Å²) < 4.78 is 58.8. The number of hydrogen-bond donors (Lipinski definition) is 7. The molecular formula is C23H34F3N3O8. The summed E-state index contributed by atoms with van der Waals surface area (Å²) in [7, 11) is 3.18. The number of ether oxygens (including phenoxy) is 4. The van der Waals surface area contributed by atoms with Crippen LogP contribution in [0.3, 0.4) is 0 Å². The van der Waals surface area contributed by atoms with Gasteiger partial charge in [0.1, 0.15) is 29.7 Å². The number of alkyl halides is 3. The van der Waals surface area contributed by atoms with Crippen molar-refractivity contribution in [2.75, 3.05) is 20.6 Å². The van der Waals surface area contributed by atoms with Crippen molar-refractivity contribution in [1.82, 2.24) is 16.0 Å². The topological polar surface area (TPSA) is 154 Å². The van der Waals surface area contributed by atoms with Gasteiger partial charge < -0.3 is 55.3 Å². The van der Waals surface area contributed by atoms with Crippen LogP contribution in [0.5, 0.6) is 5.75 Å². The van der Waals surface area contributed by atoms with Crippen LogP contribution < -0.4 is 20.7 Å². The van der Waals surface area contributed by atoms with Crippen LogP contribution in [0.1, 0.15) is 18.9 Å². The van der Waals surface area contributed by atoms with E-state index < -0.39 is 66.6 Å². The van der Waals surface area contributed by atoms with Crippen LogP contribution in [0.25, 0.3) is 0 Å². The molecule has 210 valence electrons. The lowest BCUT2D eigenvalue weighted by Gasteiger charge is -2.60. The van der Waals surface area contributed by atoms with Crippen LogP contribution >= 0.6 is 0 Å². The average molecular weight is 538 g/mol. The summed E-state index contributed by atoms with van der Waals surface area (Å²) in [4.78, 5) is 0. The summed E-state index contributed by atoms with van der Waals surface area (Å²) in [5.41, 5.74) is -1.32. The number of halogens is 3. The van der Waals surface area contributed by atoms with Crippen molar-refractivity contribution >= 4 is 0 Å². The number of nitrogens with one attached hydrogen (secondary N) is 3. The van der Waals surface area contributed by atoms with Crippen LogP contribution in [0.2, 0.25) is 0 Å². The van der Waals surface area contributed by atoms with Gasteiger partial charge in [-0.1, -0.05) is 12.1 Å². The number of hydrogen-bond acceptors (Lipinski definition) is 11. The molecule has 0 radical (unpaired) electrons.